The number of piperazine rings is 1. The summed E-state index contributed by atoms with van der Waals surface area (Å²) in [5.41, 5.74) is 1.49. The molecule has 1 aliphatic rings. The summed E-state index contributed by atoms with van der Waals surface area (Å²) >= 11 is 0. The molecular weight excluding hydrogens is 290 g/mol. The second kappa shape index (κ2) is 5.57. The molecule has 4 rings (SSSR count). The van der Waals surface area contributed by atoms with Crippen molar-refractivity contribution in [3.05, 3.63) is 48.7 Å². The zero-order chi connectivity index (χ0) is 15.6. The standard InChI is InChI=1S/C16H15N7/c17-12-13-2-1-3-18-14(13)22-8-10-23(11-9-22)16-15-19-4-6-21(15)7-5-20-16/h1-7H,8-11H2. The van der Waals surface area contributed by atoms with Crippen LogP contribution in [0.1, 0.15) is 5.56 Å². The fraction of sp³-hybridized carbons (Fsp3) is 0.250. The van der Waals surface area contributed by atoms with Gasteiger partial charge >= 0.3 is 0 Å². The average molecular weight is 305 g/mol. The quantitative estimate of drug-likeness (QED) is 0.711. The maximum Gasteiger partial charge on any atom is 0.180 e. The summed E-state index contributed by atoms with van der Waals surface area (Å²) in [6.07, 6.45) is 9.13. The highest BCUT2D eigenvalue weighted by Crippen LogP contribution is 2.22. The van der Waals surface area contributed by atoms with Crippen molar-refractivity contribution in [3.8, 4) is 6.07 Å². The van der Waals surface area contributed by atoms with E-state index < -0.39 is 0 Å². The van der Waals surface area contributed by atoms with Crippen LogP contribution in [-0.4, -0.2) is 45.5 Å². The topological polar surface area (TPSA) is 73.4 Å². The molecule has 3 aromatic rings. The maximum atomic E-state index is 9.23. The summed E-state index contributed by atoms with van der Waals surface area (Å²) in [5, 5.41) is 9.23. The molecule has 23 heavy (non-hydrogen) atoms. The normalized spacial score (nSPS) is 14.9. The van der Waals surface area contributed by atoms with E-state index in [1.54, 1.807) is 24.7 Å². The molecule has 0 saturated carbocycles. The lowest BCUT2D eigenvalue weighted by Gasteiger charge is -2.36. The van der Waals surface area contributed by atoms with Crippen molar-refractivity contribution in [2.75, 3.05) is 36.0 Å². The van der Waals surface area contributed by atoms with Crippen molar-refractivity contribution in [1.82, 2.24) is 19.4 Å². The Balaban J connectivity index is 1.56. The Kier molecular flexibility index (Phi) is 3.27. The Morgan fingerprint density at radius 2 is 1.52 bits per heavy atom. The zero-order valence-electron chi connectivity index (χ0n) is 12.5. The highest BCUT2D eigenvalue weighted by atomic mass is 15.3. The zero-order valence-corrected chi connectivity index (χ0v) is 12.5. The predicted molar refractivity (Wildman–Crippen MR) is 86.4 cm³/mol. The molecule has 0 radical (unpaired) electrons. The number of fused-ring (bicyclic) bond motifs is 1. The SMILES string of the molecule is N#Cc1cccnc1N1CCN(c2nccn3ccnc23)CC1. The second-order valence-electron chi connectivity index (χ2n) is 5.37. The molecule has 1 fully saturated rings. The number of nitriles is 1. The van der Waals surface area contributed by atoms with Gasteiger partial charge in [0.15, 0.2) is 11.5 Å². The molecular formula is C16H15N7. The third kappa shape index (κ3) is 2.34. The fourth-order valence-corrected chi connectivity index (χ4v) is 2.93. The Morgan fingerprint density at radius 3 is 2.26 bits per heavy atom. The van der Waals surface area contributed by atoms with Crippen molar-refractivity contribution in [2.45, 2.75) is 0 Å². The Bertz CT molecular complexity index is 871. The van der Waals surface area contributed by atoms with Crippen LogP contribution in [0.2, 0.25) is 0 Å². The summed E-state index contributed by atoms with van der Waals surface area (Å²) in [5.74, 6) is 1.67. The molecule has 1 saturated heterocycles. The van der Waals surface area contributed by atoms with Gasteiger partial charge in [-0.3, -0.25) is 0 Å². The van der Waals surface area contributed by atoms with Crippen LogP contribution in [0.5, 0.6) is 0 Å². The van der Waals surface area contributed by atoms with E-state index in [1.165, 1.54) is 0 Å². The molecule has 0 amide bonds. The predicted octanol–water partition coefficient (Wildman–Crippen LogP) is 1.32. The lowest BCUT2D eigenvalue weighted by Crippen LogP contribution is -2.47. The van der Waals surface area contributed by atoms with Gasteiger partial charge in [-0.1, -0.05) is 0 Å². The summed E-state index contributed by atoms with van der Waals surface area (Å²) in [7, 11) is 0. The van der Waals surface area contributed by atoms with Gasteiger partial charge in [-0.15, -0.1) is 0 Å². The highest BCUT2D eigenvalue weighted by Gasteiger charge is 2.22. The van der Waals surface area contributed by atoms with Crippen molar-refractivity contribution in [3.63, 3.8) is 0 Å². The van der Waals surface area contributed by atoms with E-state index in [9.17, 15) is 5.26 Å². The minimum Gasteiger partial charge on any atom is -0.352 e. The molecule has 1 aliphatic heterocycles. The van der Waals surface area contributed by atoms with E-state index in [-0.39, 0.29) is 0 Å². The van der Waals surface area contributed by atoms with Crippen LogP contribution in [0.15, 0.2) is 43.1 Å². The van der Waals surface area contributed by atoms with Crippen LogP contribution in [0.4, 0.5) is 11.6 Å². The van der Waals surface area contributed by atoms with Gasteiger partial charge in [-0.25, -0.2) is 15.0 Å². The van der Waals surface area contributed by atoms with E-state index in [4.69, 9.17) is 0 Å². The van der Waals surface area contributed by atoms with Gasteiger partial charge in [-0.05, 0) is 12.1 Å². The van der Waals surface area contributed by atoms with Gasteiger partial charge in [-0.2, -0.15) is 5.26 Å². The van der Waals surface area contributed by atoms with E-state index in [2.05, 4.69) is 30.8 Å². The van der Waals surface area contributed by atoms with Gasteiger partial charge in [0.2, 0.25) is 0 Å². The van der Waals surface area contributed by atoms with Gasteiger partial charge in [0.25, 0.3) is 0 Å². The van der Waals surface area contributed by atoms with Crippen molar-refractivity contribution in [1.29, 1.82) is 5.26 Å². The van der Waals surface area contributed by atoms with E-state index in [0.29, 0.717) is 5.56 Å². The monoisotopic (exact) mass is 305 g/mol. The number of pyridine rings is 1. The minimum absolute atomic E-state index is 0.620. The first-order chi connectivity index (χ1) is 11.4. The Morgan fingerprint density at radius 1 is 0.870 bits per heavy atom. The number of hydrogen-bond acceptors (Lipinski definition) is 6. The largest absolute Gasteiger partial charge is 0.352 e. The van der Waals surface area contributed by atoms with Gasteiger partial charge in [0, 0.05) is 57.2 Å². The molecule has 0 spiro atoms. The molecule has 3 aromatic heterocycles. The third-order valence-electron chi connectivity index (χ3n) is 4.08. The van der Waals surface area contributed by atoms with E-state index >= 15 is 0 Å². The first kappa shape index (κ1) is 13.5. The van der Waals surface area contributed by atoms with Gasteiger partial charge < -0.3 is 14.2 Å². The molecule has 0 aliphatic carbocycles. The smallest absolute Gasteiger partial charge is 0.180 e. The molecule has 4 heterocycles. The van der Waals surface area contributed by atoms with Crippen LogP contribution in [0.25, 0.3) is 5.65 Å². The van der Waals surface area contributed by atoms with Crippen LogP contribution in [-0.2, 0) is 0 Å². The maximum absolute atomic E-state index is 9.23. The third-order valence-corrected chi connectivity index (χ3v) is 4.08. The minimum atomic E-state index is 0.620. The number of hydrogen-bond donors (Lipinski definition) is 0. The van der Waals surface area contributed by atoms with E-state index in [0.717, 1.165) is 43.5 Å². The van der Waals surface area contributed by atoms with Gasteiger partial charge in [0.05, 0.1) is 5.56 Å². The van der Waals surface area contributed by atoms with Crippen molar-refractivity contribution >= 4 is 17.3 Å². The van der Waals surface area contributed by atoms with Crippen LogP contribution in [0, 0.1) is 11.3 Å². The van der Waals surface area contributed by atoms with Crippen molar-refractivity contribution < 1.29 is 0 Å². The van der Waals surface area contributed by atoms with E-state index in [1.807, 2.05) is 22.9 Å². The number of anilines is 2. The first-order valence-corrected chi connectivity index (χ1v) is 7.49. The number of aromatic nitrogens is 4. The summed E-state index contributed by atoms with van der Waals surface area (Å²) in [6, 6.07) is 5.81. The summed E-state index contributed by atoms with van der Waals surface area (Å²) < 4.78 is 1.97. The average Bonchev–Trinajstić information content (AvgIpc) is 3.10. The molecule has 114 valence electrons. The number of nitrogens with zero attached hydrogens (tertiary/aromatic N) is 7. The molecule has 0 N–H and O–H groups in total. The van der Waals surface area contributed by atoms with Crippen LogP contribution >= 0.6 is 0 Å². The first-order valence-electron chi connectivity index (χ1n) is 7.49. The lowest BCUT2D eigenvalue weighted by molar-refractivity contribution is 0.641. The summed E-state index contributed by atoms with van der Waals surface area (Å²) in [6.45, 7) is 3.24. The molecule has 0 aromatic carbocycles. The fourth-order valence-electron chi connectivity index (χ4n) is 2.93. The molecule has 0 bridgehead atoms. The van der Waals surface area contributed by atoms with Gasteiger partial charge in [0.1, 0.15) is 11.9 Å². The number of rotatable bonds is 2. The lowest BCUT2D eigenvalue weighted by atomic mass is 10.2. The molecule has 7 heteroatoms. The molecule has 0 atom stereocenters. The molecule has 0 unspecified atom stereocenters. The van der Waals surface area contributed by atoms with Crippen molar-refractivity contribution in [2.24, 2.45) is 0 Å². The molecule has 7 nitrogen and oxygen atoms in total. The Hall–Kier alpha value is -3.14. The van der Waals surface area contributed by atoms with Crippen LogP contribution in [0.3, 0.4) is 0 Å². The highest BCUT2D eigenvalue weighted by molar-refractivity contribution is 5.65. The van der Waals surface area contributed by atoms with Crippen LogP contribution < -0.4 is 9.80 Å². The number of imidazole rings is 1. The second-order valence-corrected chi connectivity index (χ2v) is 5.37. The Labute approximate surface area is 133 Å². The summed E-state index contributed by atoms with van der Waals surface area (Å²) in [4.78, 5) is 17.6.